The molecule has 0 unspecified atom stereocenters. The predicted molar refractivity (Wildman–Crippen MR) is 124 cm³/mol. The highest BCUT2D eigenvalue weighted by atomic mass is 32.2. The van der Waals surface area contributed by atoms with Gasteiger partial charge in [-0.25, -0.2) is 19.4 Å². The fourth-order valence-corrected chi connectivity index (χ4v) is 3.89. The Kier molecular flexibility index (Phi) is 6.45. The lowest BCUT2D eigenvalue weighted by atomic mass is 10.1. The minimum absolute atomic E-state index is 0.140. The van der Waals surface area contributed by atoms with E-state index in [9.17, 15) is 9.59 Å². The standard InChI is InChI=1S/C21H24N8O3S/c1-26-7-8-29(19(30)17-10-22-20(33-3)23-18(17)26)16-6-4-5-14(9-16)11-28-13-15(24-25-28)12-27(2)21(31)32/h4-6,9-10,13H,7-8,11-12H2,1-3H3,(H,31,32). The first kappa shape index (κ1) is 22.5. The quantitative estimate of drug-likeness (QED) is 0.428. The zero-order valence-corrected chi connectivity index (χ0v) is 19.4. The number of likely N-dealkylation sites (N-methyl/N-ethyl adjacent to an activating group) is 1. The third-order valence-electron chi connectivity index (χ3n) is 5.30. The Morgan fingerprint density at radius 3 is 2.88 bits per heavy atom. The minimum Gasteiger partial charge on any atom is -0.465 e. The molecule has 1 aliphatic rings. The van der Waals surface area contributed by atoms with E-state index in [2.05, 4.69) is 20.3 Å². The molecular formula is C21H24N8O3S. The molecule has 12 heteroatoms. The van der Waals surface area contributed by atoms with E-state index >= 15 is 0 Å². The van der Waals surface area contributed by atoms with Crippen molar-refractivity contribution in [3.8, 4) is 0 Å². The van der Waals surface area contributed by atoms with Crippen LogP contribution in [0.25, 0.3) is 0 Å². The van der Waals surface area contributed by atoms with Crippen molar-refractivity contribution >= 4 is 35.3 Å². The van der Waals surface area contributed by atoms with Crippen LogP contribution < -0.4 is 9.80 Å². The van der Waals surface area contributed by atoms with Crippen LogP contribution in [0.1, 0.15) is 21.6 Å². The summed E-state index contributed by atoms with van der Waals surface area (Å²) in [6.45, 7) is 1.75. The summed E-state index contributed by atoms with van der Waals surface area (Å²) in [6, 6.07) is 7.70. The van der Waals surface area contributed by atoms with E-state index < -0.39 is 6.09 Å². The van der Waals surface area contributed by atoms with Crippen LogP contribution in [0, 0.1) is 0 Å². The van der Waals surface area contributed by atoms with Crippen molar-refractivity contribution in [3.63, 3.8) is 0 Å². The smallest absolute Gasteiger partial charge is 0.407 e. The third kappa shape index (κ3) is 4.90. The van der Waals surface area contributed by atoms with Crippen molar-refractivity contribution in [2.45, 2.75) is 18.2 Å². The van der Waals surface area contributed by atoms with Crippen molar-refractivity contribution in [3.05, 3.63) is 53.5 Å². The summed E-state index contributed by atoms with van der Waals surface area (Å²) < 4.78 is 1.65. The van der Waals surface area contributed by atoms with E-state index in [1.54, 1.807) is 22.0 Å². The van der Waals surface area contributed by atoms with Gasteiger partial charge in [0.1, 0.15) is 17.1 Å². The summed E-state index contributed by atoms with van der Waals surface area (Å²) in [5.74, 6) is 0.499. The van der Waals surface area contributed by atoms with Gasteiger partial charge in [0, 0.05) is 39.1 Å². The van der Waals surface area contributed by atoms with Crippen LogP contribution in [0.2, 0.25) is 0 Å². The number of hydrogen-bond acceptors (Lipinski definition) is 8. The second-order valence-corrected chi connectivity index (χ2v) is 8.46. The van der Waals surface area contributed by atoms with Crippen molar-refractivity contribution in [2.75, 3.05) is 43.2 Å². The monoisotopic (exact) mass is 468 g/mol. The van der Waals surface area contributed by atoms with Gasteiger partial charge in [0.15, 0.2) is 5.16 Å². The van der Waals surface area contributed by atoms with E-state index in [-0.39, 0.29) is 12.5 Å². The number of anilines is 2. The maximum absolute atomic E-state index is 13.3. The first-order valence-electron chi connectivity index (χ1n) is 10.2. The van der Waals surface area contributed by atoms with Crippen LogP contribution in [0.4, 0.5) is 16.3 Å². The molecule has 3 aromatic rings. The highest BCUT2D eigenvalue weighted by Gasteiger charge is 2.28. The molecule has 0 atom stereocenters. The fraction of sp³-hybridized carbons (Fsp3) is 0.333. The van der Waals surface area contributed by atoms with E-state index in [0.717, 1.165) is 16.2 Å². The number of fused-ring (bicyclic) bond motifs is 1. The SMILES string of the molecule is CSc1ncc2c(n1)N(C)CCN(c1cccc(Cn3cc(CN(C)C(=O)O)nn3)c1)C2=O. The largest absolute Gasteiger partial charge is 0.465 e. The van der Waals surface area contributed by atoms with Gasteiger partial charge in [-0.05, 0) is 24.0 Å². The zero-order valence-electron chi connectivity index (χ0n) is 18.5. The highest BCUT2D eigenvalue weighted by molar-refractivity contribution is 7.98. The van der Waals surface area contributed by atoms with Crippen LogP contribution in [-0.2, 0) is 13.1 Å². The molecule has 0 bridgehead atoms. The van der Waals surface area contributed by atoms with Crippen LogP contribution in [-0.4, -0.2) is 80.4 Å². The summed E-state index contributed by atoms with van der Waals surface area (Å²) >= 11 is 1.44. The molecule has 3 heterocycles. The molecule has 33 heavy (non-hydrogen) atoms. The Morgan fingerprint density at radius 2 is 2.12 bits per heavy atom. The maximum Gasteiger partial charge on any atom is 0.407 e. The molecule has 172 valence electrons. The number of hydrogen-bond donors (Lipinski definition) is 1. The summed E-state index contributed by atoms with van der Waals surface area (Å²) in [4.78, 5) is 38.0. The second-order valence-electron chi connectivity index (χ2n) is 7.69. The van der Waals surface area contributed by atoms with E-state index in [4.69, 9.17) is 5.11 Å². The molecular weight excluding hydrogens is 444 g/mol. The Bertz CT molecular complexity index is 1180. The zero-order chi connectivity index (χ0) is 23.5. The molecule has 0 saturated heterocycles. The number of carboxylic acid groups (broad SMARTS) is 1. The maximum atomic E-state index is 13.3. The van der Waals surface area contributed by atoms with Gasteiger partial charge in [0.25, 0.3) is 5.91 Å². The molecule has 1 N–H and O–H groups in total. The number of nitrogens with zero attached hydrogens (tertiary/aromatic N) is 8. The minimum atomic E-state index is -1.03. The molecule has 0 spiro atoms. The Hall–Kier alpha value is -3.67. The normalized spacial score (nSPS) is 13.6. The molecule has 2 aromatic heterocycles. The summed E-state index contributed by atoms with van der Waals surface area (Å²) in [5, 5.41) is 17.8. The number of aromatic nitrogens is 5. The van der Waals surface area contributed by atoms with E-state index in [0.29, 0.717) is 41.9 Å². The lowest BCUT2D eigenvalue weighted by Crippen LogP contribution is -2.33. The second kappa shape index (κ2) is 9.45. The van der Waals surface area contributed by atoms with Crippen LogP contribution in [0.15, 0.2) is 41.8 Å². The molecule has 1 aliphatic heterocycles. The molecule has 0 aliphatic carbocycles. The van der Waals surface area contributed by atoms with Gasteiger partial charge >= 0.3 is 6.09 Å². The van der Waals surface area contributed by atoms with Crippen molar-refractivity contribution in [1.29, 1.82) is 0 Å². The fourth-order valence-electron chi connectivity index (χ4n) is 3.56. The van der Waals surface area contributed by atoms with Crippen molar-refractivity contribution in [1.82, 2.24) is 29.9 Å². The van der Waals surface area contributed by atoms with Crippen LogP contribution in [0.3, 0.4) is 0 Å². The van der Waals surface area contributed by atoms with Gasteiger partial charge in [-0.3, -0.25) is 4.79 Å². The van der Waals surface area contributed by atoms with Gasteiger partial charge in [0.2, 0.25) is 0 Å². The van der Waals surface area contributed by atoms with Gasteiger partial charge in [0.05, 0.1) is 19.3 Å². The summed E-state index contributed by atoms with van der Waals surface area (Å²) in [7, 11) is 3.40. The summed E-state index contributed by atoms with van der Waals surface area (Å²) in [6.07, 6.45) is 4.19. The lowest BCUT2D eigenvalue weighted by molar-refractivity contribution is 0.0989. The number of carbonyl (C=O) groups is 2. The van der Waals surface area contributed by atoms with Gasteiger partial charge in [-0.2, -0.15) is 0 Å². The predicted octanol–water partition coefficient (Wildman–Crippen LogP) is 2.04. The molecule has 2 amide bonds. The van der Waals surface area contributed by atoms with E-state index in [1.165, 1.54) is 18.8 Å². The van der Waals surface area contributed by atoms with Crippen LogP contribution in [0.5, 0.6) is 0 Å². The summed E-state index contributed by atoms with van der Waals surface area (Å²) in [5.41, 5.74) is 2.75. The van der Waals surface area contributed by atoms with E-state index in [1.807, 2.05) is 42.5 Å². The van der Waals surface area contributed by atoms with Crippen LogP contribution >= 0.6 is 11.8 Å². The number of thioether (sulfide) groups is 1. The van der Waals surface area contributed by atoms with Gasteiger partial charge in [-0.15, -0.1) is 5.10 Å². The Morgan fingerprint density at radius 1 is 1.30 bits per heavy atom. The highest BCUT2D eigenvalue weighted by Crippen LogP contribution is 2.27. The van der Waals surface area contributed by atoms with Crippen molar-refractivity contribution in [2.24, 2.45) is 0 Å². The molecule has 11 nitrogen and oxygen atoms in total. The number of rotatable bonds is 6. The molecule has 4 rings (SSSR count). The molecule has 0 radical (unpaired) electrons. The lowest BCUT2D eigenvalue weighted by Gasteiger charge is -2.21. The molecule has 0 saturated carbocycles. The third-order valence-corrected chi connectivity index (χ3v) is 5.87. The topological polar surface area (TPSA) is 121 Å². The molecule has 0 fully saturated rings. The number of carbonyl (C=O) groups excluding carboxylic acids is 1. The van der Waals surface area contributed by atoms with Gasteiger partial charge < -0.3 is 19.8 Å². The first-order valence-corrected chi connectivity index (χ1v) is 11.4. The molecule has 1 aromatic carbocycles. The van der Waals surface area contributed by atoms with Crippen molar-refractivity contribution < 1.29 is 14.7 Å². The average molecular weight is 469 g/mol. The Balaban J connectivity index is 1.54. The van der Waals surface area contributed by atoms with Gasteiger partial charge in [-0.1, -0.05) is 29.1 Å². The number of amides is 2. The average Bonchev–Trinajstić information content (AvgIpc) is 3.20. The Labute approximate surface area is 195 Å². The first-order chi connectivity index (χ1) is 15.9. The number of benzene rings is 1.